The number of hydrogen-bond donors (Lipinski definition) is 0. The molecule has 76 valence electrons. The van der Waals surface area contributed by atoms with Gasteiger partial charge in [0.25, 0.3) is 0 Å². The van der Waals surface area contributed by atoms with E-state index in [-0.39, 0.29) is 5.91 Å². The van der Waals surface area contributed by atoms with E-state index in [4.69, 9.17) is 0 Å². The number of likely N-dealkylation sites (tertiary alicyclic amines) is 1. The van der Waals surface area contributed by atoms with E-state index in [1.54, 1.807) is 11.3 Å². The molecule has 2 rings (SSSR count). The molecule has 1 aliphatic rings. The normalized spacial score (nSPS) is 21.9. The minimum absolute atomic E-state index is 0.280. The Morgan fingerprint density at radius 1 is 1.64 bits per heavy atom. The Morgan fingerprint density at radius 2 is 2.50 bits per heavy atom. The molecular formula is C10H12BrNOS. The van der Waals surface area contributed by atoms with Crippen molar-refractivity contribution in [2.75, 3.05) is 13.1 Å². The second-order valence-electron chi connectivity index (χ2n) is 3.52. The Morgan fingerprint density at radius 3 is 3.07 bits per heavy atom. The maximum absolute atomic E-state index is 11.4. The van der Waals surface area contributed by atoms with Gasteiger partial charge in [0, 0.05) is 24.3 Å². The molecule has 0 radical (unpaired) electrons. The zero-order valence-corrected chi connectivity index (χ0v) is 10.2. The van der Waals surface area contributed by atoms with E-state index < -0.39 is 0 Å². The second kappa shape index (κ2) is 4.45. The first kappa shape index (κ1) is 10.2. The molecule has 1 unspecified atom stereocenters. The smallest absolute Gasteiger partial charge is 0.223 e. The molecule has 1 aromatic heterocycles. The van der Waals surface area contributed by atoms with E-state index >= 15 is 0 Å². The molecule has 1 saturated heterocycles. The monoisotopic (exact) mass is 273 g/mol. The van der Waals surface area contributed by atoms with E-state index in [1.807, 2.05) is 4.90 Å². The lowest BCUT2D eigenvalue weighted by Gasteiger charge is -2.14. The maximum atomic E-state index is 11.4. The van der Waals surface area contributed by atoms with Crippen LogP contribution in [0.4, 0.5) is 0 Å². The van der Waals surface area contributed by atoms with Gasteiger partial charge in [-0.15, -0.1) is 0 Å². The molecule has 2 heterocycles. The van der Waals surface area contributed by atoms with Crippen LogP contribution in [0, 0.1) is 0 Å². The lowest BCUT2D eigenvalue weighted by molar-refractivity contribution is -0.127. The van der Waals surface area contributed by atoms with Crippen molar-refractivity contribution in [3.63, 3.8) is 0 Å². The average Bonchev–Trinajstić information content (AvgIpc) is 2.72. The first-order chi connectivity index (χ1) is 6.75. The van der Waals surface area contributed by atoms with Crippen LogP contribution < -0.4 is 0 Å². The Kier molecular flexibility index (Phi) is 3.23. The molecule has 0 spiro atoms. The molecule has 1 fully saturated rings. The quantitative estimate of drug-likeness (QED) is 0.774. The van der Waals surface area contributed by atoms with Crippen LogP contribution in [0.3, 0.4) is 0 Å². The number of rotatable bonds is 3. The first-order valence-electron chi connectivity index (χ1n) is 4.68. The average molecular weight is 274 g/mol. The molecule has 0 N–H and O–H groups in total. The molecule has 1 amide bonds. The van der Waals surface area contributed by atoms with Crippen molar-refractivity contribution in [3.05, 3.63) is 22.4 Å². The van der Waals surface area contributed by atoms with Gasteiger partial charge in [0.15, 0.2) is 0 Å². The van der Waals surface area contributed by atoms with Crippen LogP contribution in [0.5, 0.6) is 0 Å². The van der Waals surface area contributed by atoms with Gasteiger partial charge in [0.05, 0.1) is 0 Å². The summed E-state index contributed by atoms with van der Waals surface area (Å²) in [6, 6.07) is 2.12. The number of alkyl halides is 1. The molecule has 0 aromatic carbocycles. The number of amides is 1. The largest absolute Gasteiger partial charge is 0.341 e. The highest BCUT2D eigenvalue weighted by Crippen LogP contribution is 2.18. The highest BCUT2D eigenvalue weighted by Gasteiger charge is 2.26. The fourth-order valence-corrected chi connectivity index (χ4v) is 2.97. The van der Waals surface area contributed by atoms with Crippen LogP contribution in [0.25, 0.3) is 0 Å². The van der Waals surface area contributed by atoms with Gasteiger partial charge < -0.3 is 4.90 Å². The molecular weight excluding hydrogens is 262 g/mol. The van der Waals surface area contributed by atoms with Crippen LogP contribution in [0.1, 0.15) is 12.0 Å². The van der Waals surface area contributed by atoms with E-state index in [0.717, 1.165) is 19.5 Å². The Bertz CT molecular complexity index is 312. The topological polar surface area (TPSA) is 20.3 Å². The van der Waals surface area contributed by atoms with Gasteiger partial charge in [0.2, 0.25) is 5.91 Å². The van der Waals surface area contributed by atoms with E-state index in [1.165, 1.54) is 5.56 Å². The molecule has 0 aliphatic carbocycles. The second-order valence-corrected chi connectivity index (χ2v) is 5.60. The molecule has 1 aliphatic heterocycles. The summed E-state index contributed by atoms with van der Waals surface area (Å²) in [5, 5.41) is 4.22. The van der Waals surface area contributed by atoms with Crippen molar-refractivity contribution in [1.29, 1.82) is 0 Å². The van der Waals surface area contributed by atoms with Crippen molar-refractivity contribution in [1.82, 2.24) is 4.90 Å². The third kappa shape index (κ3) is 2.36. The standard InChI is InChI=1S/C10H12BrNOS/c11-9-5-10(13)12(6-9)3-1-8-2-4-14-7-8/h2,4,7,9H,1,3,5-6H2. The van der Waals surface area contributed by atoms with Crippen molar-refractivity contribution < 1.29 is 4.79 Å². The highest BCUT2D eigenvalue weighted by atomic mass is 79.9. The summed E-state index contributed by atoms with van der Waals surface area (Å²) in [5.74, 6) is 0.280. The predicted octanol–water partition coefficient (Wildman–Crippen LogP) is 2.29. The predicted molar refractivity (Wildman–Crippen MR) is 61.9 cm³/mol. The summed E-state index contributed by atoms with van der Waals surface area (Å²) in [4.78, 5) is 13.7. The van der Waals surface area contributed by atoms with Crippen LogP contribution >= 0.6 is 27.3 Å². The van der Waals surface area contributed by atoms with Gasteiger partial charge in [-0.1, -0.05) is 15.9 Å². The molecule has 0 bridgehead atoms. The fourth-order valence-electron chi connectivity index (χ4n) is 1.64. The molecule has 2 nitrogen and oxygen atoms in total. The summed E-state index contributed by atoms with van der Waals surface area (Å²) in [6.07, 6.45) is 1.64. The van der Waals surface area contributed by atoms with E-state index in [0.29, 0.717) is 11.2 Å². The van der Waals surface area contributed by atoms with E-state index in [2.05, 4.69) is 32.8 Å². The summed E-state index contributed by atoms with van der Waals surface area (Å²) in [6.45, 7) is 1.72. The van der Waals surface area contributed by atoms with Crippen LogP contribution in [-0.4, -0.2) is 28.7 Å². The minimum atomic E-state index is 0.280. The fraction of sp³-hybridized carbons (Fsp3) is 0.500. The minimum Gasteiger partial charge on any atom is -0.341 e. The number of hydrogen-bond acceptors (Lipinski definition) is 2. The lowest BCUT2D eigenvalue weighted by Crippen LogP contribution is -2.27. The van der Waals surface area contributed by atoms with Gasteiger partial charge in [-0.2, -0.15) is 11.3 Å². The maximum Gasteiger partial charge on any atom is 0.223 e. The Balaban J connectivity index is 1.84. The summed E-state index contributed by atoms with van der Waals surface area (Å²) < 4.78 is 0. The van der Waals surface area contributed by atoms with E-state index in [9.17, 15) is 4.79 Å². The number of carbonyl (C=O) groups excluding carboxylic acids is 1. The van der Waals surface area contributed by atoms with Gasteiger partial charge in [-0.25, -0.2) is 0 Å². The number of halogens is 1. The van der Waals surface area contributed by atoms with Gasteiger partial charge >= 0.3 is 0 Å². The molecule has 1 atom stereocenters. The van der Waals surface area contributed by atoms with Gasteiger partial charge in [0.1, 0.15) is 0 Å². The molecule has 4 heteroatoms. The van der Waals surface area contributed by atoms with Crippen molar-refractivity contribution in [3.8, 4) is 0 Å². The van der Waals surface area contributed by atoms with Crippen molar-refractivity contribution in [2.45, 2.75) is 17.7 Å². The number of thiophene rings is 1. The van der Waals surface area contributed by atoms with Crippen LogP contribution in [0.15, 0.2) is 16.8 Å². The molecule has 1 aromatic rings. The Hall–Kier alpha value is -0.350. The molecule has 14 heavy (non-hydrogen) atoms. The van der Waals surface area contributed by atoms with Gasteiger partial charge in [-0.05, 0) is 28.8 Å². The van der Waals surface area contributed by atoms with Crippen molar-refractivity contribution in [2.24, 2.45) is 0 Å². The highest BCUT2D eigenvalue weighted by molar-refractivity contribution is 9.09. The zero-order valence-electron chi connectivity index (χ0n) is 7.78. The molecule has 0 saturated carbocycles. The Labute approximate surface area is 96.0 Å². The summed E-state index contributed by atoms with van der Waals surface area (Å²) >= 11 is 5.19. The SMILES string of the molecule is O=C1CC(Br)CN1CCc1ccsc1. The zero-order chi connectivity index (χ0) is 9.97. The van der Waals surface area contributed by atoms with Gasteiger partial charge in [-0.3, -0.25) is 4.79 Å². The summed E-state index contributed by atoms with van der Waals surface area (Å²) in [5.41, 5.74) is 1.33. The third-order valence-corrected chi connectivity index (χ3v) is 3.76. The van der Waals surface area contributed by atoms with Crippen LogP contribution in [0.2, 0.25) is 0 Å². The van der Waals surface area contributed by atoms with Crippen LogP contribution in [-0.2, 0) is 11.2 Å². The first-order valence-corrected chi connectivity index (χ1v) is 6.54. The van der Waals surface area contributed by atoms with Crippen molar-refractivity contribution >= 4 is 33.2 Å². The summed E-state index contributed by atoms with van der Waals surface area (Å²) in [7, 11) is 0. The number of nitrogens with zero attached hydrogens (tertiary/aromatic N) is 1. The lowest BCUT2D eigenvalue weighted by atomic mass is 10.2. The number of carbonyl (C=O) groups is 1. The third-order valence-electron chi connectivity index (χ3n) is 2.42.